The zero-order chi connectivity index (χ0) is 23.5. The molecule has 0 unspecified atom stereocenters. The zero-order valence-electron chi connectivity index (χ0n) is 18.7. The lowest BCUT2D eigenvalue weighted by molar-refractivity contribution is -0.191. The van der Waals surface area contributed by atoms with E-state index in [9.17, 15) is 9.59 Å². The van der Waals surface area contributed by atoms with Crippen molar-refractivity contribution in [3.63, 3.8) is 0 Å². The van der Waals surface area contributed by atoms with Gasteiger partial charge in [0.05, 0.1) is 5.56 Å². The average Bonchev–Trinajstić information content (AvgIpc) is 2.81. The van der Waals surface area contributed by atoms with E-state index in [-0.39, 0.29) is 18.1 Å². The van der Waals surface area contributed by atoms with E-state index in [1.165, 1.54) is 51.1 Å². The largest absolute Gasteiger partial charge is 0.465 e. The minimum absolute atomic E-state index is 0.0675. The molecule has 1 aliphatic carbocycles. The van der Waals surface area contributed by atoms with Crippen molar-refractivity contribution in [2.24, 2.45) is 5.41 Å². The van der Waals surface area contributed by atoms with Gasteiger partial charge in [0.25, 0.3) is 0 Å². The van der Waals surface area contributed by atoms with Crippen molar-refractivity contribution in [3.05, 3.63) is 30.1 Å². The number of ether oxygens (including phenoxy) is 2. The van der Waals surface area contributed by atoms with E-state index in [0.717, 1.165) is 12.2 Å². The number of esters is 2. The predicted molar refractivity (Wildman–Crippen MR) is 125 cm³/mol. The Balaban J connectivity index is 0.00000161. The number of pyridine rings is 1. The van der Waals surface area contributed by atoms with E-state index < -0.39 is 0 Å². The number of rotatable bonds is 13. The molecule has 1 aromatic heterocycles. The SMILES string of the molecule is CCCC1(CCC(=O)OCCSSCCOC(=O)c2cccnc2)CCCCC1.O=C=O. The highest BCUT2D eigenvalue weighted by Crippen LogP contribution is 2.43. The maximum atomic E-state index is 12.1. The molecule has 0 atom stereocenters. The van der Waals surface area contributed by atoms with Crippen LogP contribution in [0.25, 0.3) is 0 Å². The molecule has 1 aliphatic rings. The summed E-state index contributed by atoms with van der Waals surface area (Å²) in [5.74, 6) is 1.02. The molecule has 0 amide bonds. The van der Waals surface area contributed by atoms with E-state index in [2.05, 4.69) is 11.9 Å². The van der Waals surface area contributed by atoms with Crippen LogP contribution < -0.4 is 0 Å². The second-order valence-electron chi connectivity index (χ2n) is 7.64. The van der Waals surface area contributed by atoms with Gasteiger partial charge in [-0.05, 0) is 43.2 Å². The third-order valence-corrected chi connectivity index (χ3v) is 7.70. The first-order valence-corrected chi connectivity index (χ1v) is 13.5. The summed E-state index contributed by atoms with van der Waals surface area (Å²) < 4.78 is 10.6. The molecule has 0 aromatic carbocycles. The summed E-state index contributed by atoms with van der Waals surface area (Å²) in [7, 11) is 3.25. The average molecular weight is 484 g/mol. The lowest BCUT2D eigenvalue weighted by atomic mass is 9.68. The van der Waals surface area contributed by atoms with Gasteiger partial charge in [0.2, 0.25) is 0 Å². The molecule has 0 radical (unpaired) electrons. The van der Waals surface area contributed by atoms with E-state index >= 15 is 0 Å². The smallest absolute Gasteiger partial charge is 0.373 e. The van der Waals surface area contributed by atoms with Crippen molar-refractivity contribution in [3.8, 4) is 0 Å². The van der Waals surface area contributed by atoms with Gasteiger partial charge in [0, 0.05) is 30.3 Å². The quantitative estimate of drug-likeness (QED) is 0.215. The summed E-state index contributed by atoms with van der Waals surface area (Å²) in [5, 5.41) is 0. The molecule has 9 heteroatoms. The first kappa shape index (κ1) is 28.2. The van der Waals surface area contributed by atoms with Crippen LogP contribution in [0.5, 0.6) is 0 Å². The predicted octanol–water partition coefficient (Wildman–Crippen LogP) is 5.11. The summed E-state index contributed by atoms with van der Waals surface area (Å²) in [6.07, 6.45) is 13.8. The molecule has 7 nitrogen and oxygen atoms in total. The third-order valence-electron chi connectivity index (χ3n) is 5.36. The van der Waals surface area contributed by atoms with Gasteiger partial charge in [0.1, 0.15) is 13.2 Å². The van der Waals surface area contributed by atoms with Crippen LogP contribution in [-0.4, -0.2) is 47.8 Å². The second kappa shape index (κ2) is 17.7. The van der Waals surface area contributed by atoms with Crippen molar-refractivity contribution < 1.29 is 28.7 Å². The number of nitrogens with zero attached hydrogens (tertiary/aromatic N) is 1. The van der Waals surface area contributed by atoms with Crippen molar-refractivity contribution in [1.82, 2.24) is 4.98 Å². The summed E-state index contributed by atoms with van der Waals surface area (Å²) in [4.78, 5) is 44.0. The molecule has 0 saturated heterocycles. The van der Waals surface area contributed by atoms with Crippen LogP contribution in [0, 0.1) is 5.41 Å². The standard InChI is InChI=1S/C22H33NO4S2.CO2/c1-2-9-22(10-4-3-5-11-22)12-8-20(24)26-14-16-28-29-17-15-27-21(25)19-7-6-13-23-18-19;2-1-3/h6-7,13,18H,2-5,8-12,14-17H2,1H3;. The molecule has 1 fully saturated rings. The van der Waals surface area contributed by atoms with Crippen LogP contribution in [0.1, 0.15) is 75.1 Å². The Morgan fingerprint density at radius 3 is 2.31 bits per heavy atom. The molecule has 1 heterocycles. The van der Waals surface area contributed by atoms with E-state index in [0.29, 0.717) is 36.4 Å². The number of aromatic nitrogens is 1. The number of carbonyl (C=O) groups is 2. The van der Waals surface area contributed by atoms with E-state index in [4.69, 9.17) is 19.1 Å². The number of carbonyl (C=O) groups excluding carboxylic acids is 4. The Bertz CT molecular complexity index is 683. The minimum atomic E-state index is -0.351. The Kier molecular flexibility index (Phi) is 15.6. The Morgan fingerprint density at radius 1 is 1.06 bits per heavy atom. The molecule has 1 saturated carbocycles. The van der Waals surface area contributed by atoms with Gasteiger partial charge in [-0.25, -0.2) is 4.79 Å². The van der Waals surface area contributed by atoms with Crippen molar-refractivity contribution in [2.75, 3.05) is 24.7 Å². The molecular weight excluding hydrogens is 450 g/mol. The molecule has 0 bridgehead atoms. The van der Waals surface area contributed by atoms with E-state index in [1.54, 1.807) is 39.9 Å². The molecule has 0 aliphatic heterocycles. The fourth-order valence-electron chi connectivity index (χ4n) is 3.94. The van der Waals surface area contributed by atoms with Gasteiger partial charge < -0.3 is 9.47 Å². The van der Waals surface area contributed by atoms with Crippen molar-refractivity contribution >= 4 is 39.7 Å². The summed E-state index contributed by atoms with van der Waals surface area (Å²) >= 11 is 0. The highest BCUT2D eigenvalue weighted by molar-refractivity contribution is 8.76. The lowest BCUT2D eigenvalue weighted by Crippen LogP contribution is -2.25. The maximum Gasteiger partial charge on any atom is 0.373 e. The Hall–Kier alpha value is -1.83. The first-order chi connectivity index (χ1) is 15.6. The fraction of sp³-hybridized carbons (Fsp3) is 0.652. The normalized spacial score (nSPS) is 14.4. The van der Waals surface area contributed by atoms with Gasteiger partial charge in [-0.3, -0.25) is 9.78 Å². The zero-order valence-corrected chi connectivity index (χ0v) is 20.3. The lowest BCUT2D eigenvalue weighted by Gasteiger charge is -2.37. The van der Waals surface area contributed by atoms with Gasteiger partial charge in [-0.15, -0.1) is 0 Å². The summed E-state index contributed by atoms with van der Waals surface area (Å²) in [5.41, 5.74) is 0.843. The molecule has 0 N–H and O–H groups in total. The minimum Gasteiger partial charge on any atom is -0.465 e. The van der Waals surface area contributed by atoms with Crippen molar-refractivity contribution in [2.45, 2.75) is 64.7 Å². The number of hydrogen-bond donors (Lipinski definition) is 0. The van der Waals surface area contributed by atoms with Crippen LogP contribution in [0.15, 0.2) is 24.5 Å². The van der Waals surface area contributed by atoms with Gasteiger partial charge in [-0.2, -0.15) is 9.59 Å². The topological polar surface area (TPSA) is 99.6 Å². The van der Waals surface area contributed by atoms with Gasteiger partial charge in [-0.1, -0.05) is 54.2 Å². The molecule has 32 heavy (non-hydrogen) atoms. The molecule has 0 spiro atoms. The van der Waals surface area contributed by atoms with Gasteiger partial charge >= 0.3 is 18.1 Å². The van der Waals surface area contributed by atoms with E-state index in [1.807, 2.05) is 0 Å². The summed E-state index contributed by atoms with van der Waals surface area (Å²) in [6, 6.07) is 3.39. The Morgan fingerprint density at radius 2 is 1.72 bits per heavy atom. The van der Waals surface area contributed by atoms with Crippen molar-refractivity contribution in [1.29, 1.82) is 0 Å². The second-order valence-corrected chi connectivity index (χ2v) is 10.3. The molecule has 2 rings (SSSR count). The van der Waals surface area contributed by atoms with Crippen LogP contribution >= 0.6 is 21.6 Å². The molecular formula is C23H33NO6S2. The fourth-order valence-corrected chi connectivity index (χ4v) is 5.59. The van der Waals surface area contributed by atoms with Crippen LogP contribution in [-0.2, 0) is 23.9 Å². The monoisotopic (exact) mass is 483 g/mol. The highest BCUT2D eigenvalue weighted by atomic mass is 33.1. The number of hydrogen-bond acceptors (Lipinski definition) is 9. The maximum absolute atomic E-state index is 12.1. The summed E-state index contributed by atoms with van der Waals surface area (Å²) in [6.45, 7) is 3.03. The van der Waals surface area contributed by atoms with Crippen LogP contribution in [0.2, 0.25) is 0 Å². The first-order valence-electron chi connectivity index (χ1n) is 11.0. The van der Waals surface area contributed by atoms with Crippen LogP contribution in [0.3, 0.4) is 0 Å². The van der Waals surface area contributed by atoms with Crippen LogP contribution in [0.4, 0.5) is 0 Å². The third kappa shape index (κ3) is 12.3. The molecule has 1 aromatic rings. The molecule has 178 valence electrons. The Labute approximate surface area is 198 Å². The highest BCUT2D eigenvalue weighted by Gasteiger charge is 2.31. The van der Waals surface area contributed by atoms with Gasteiger partial charge in [0.15, 0.2) is 0 Å².